The molecular weight excluding hydrogens is 226 g/mol. The monoisotopic (exact) mass is 247 g/mol. The molecule has 0 aliphatic carbocycles. The van der Waals surface area contributed by atoms with E-state index in [4.69, 9.17) is 0 Å². The Labute approximate surface area is 108 Å². The van der Waals surface area contributed by atoms with E-state index in [1.807, 2.05) is 18.0 Å². The van der Waals surface area contributed by atoms with Gasteiger partial charge in [-0.05, 0) is 24.8 Å². The van der Waals surface area contributed by atoms with Gasteiger partial charge in [0.1, 0.15) is 0 Å². The first-order valence-corrected chi connectivity index (χ1v) is 6.67. The summed E-state index contributed by atoms with van der Waals surface area (Å²) in [5.74, 6) is 0.778. The lowest BCUT2D eigenvalue weighted by Gasteiger charge is -2.18. The van der Waals surface area contributed by atoms with Crippen molar-refractivity contribution in [2.75, 3.05) is 25.5 Å². The van der Waals surface area contributed by atoms with Gasteiger partial charge in [0.15, 0.2) is 0 Å². The van der Waals surface area contributed by atoms with Crippen molar-refractivity contribution in [3.05, 3.63) is 24.0 Å². The van der Waals surface area contributed by atoms with Gasteiger partial charge >= 0.3 is 0 Å². The first-order valence-electron chi connectivity index (χ1n) is 6.67. The molecule has 0 spiro atoms. The van der Waals surface area contributed by atoms with Gasteiger partial charge in [-0.1, -0.05) is 13.3 Å². The molecule has 1 N–H and O–H groups in total. The second kappa shape index (κ2) is 5.85. The molecule has 2 rings (SSSR count). The number of anilines is 1. The van der Waals surface area contributed by atoms with Crippen LogP contribution >= 0.6 is 0 Å². The maximum Gasteiger partial charge on any atom is 0.257 e. The minimum atomic E-state index is 0.103. The van der Waals surface area contributed by atoms with Crippen molar-refractivity contribution in [2.45, 2.75) is 26.2 Å². The molecule has 1 fully saturated rings. The van der Waals surface area contributed by atoms with Crippen LogP contribution in [0.15, 0.2) is 18.5 Å². The Hall–Kier alpha value is -1.58. The molecule has 1 unspecified atom stereocenters. The number of carbonyl (C=O) groups is 1. The fourth-order valence-corrected chi connectivity index (χ4v) is 2.61. The molecule has 4 nitrogen and oxygen atoms in total. The average molecular weight is 247 g/mol. The standard InChI is InChI=1S/C14H21N3O/c1-3-4-11-6-8-17(10-11)14(18)12-9-16-7-5-13(12)15-2/h5,7,9,11H,3-4,6,8,10H2,1-2H3,(H,15,16). The molecule has 1 atom stereocenters. The molecule has 2 heterocycles. The van der Waals surface area contributed by atoms with Gasteiger partial charge in [0, 0.05) is 38.2 Å². The van der Waals surface area contributed by atoms with E-state index in [0.29, 0.717) is 11.5 Å². The fourth-order valence-electron chi connectivity index (χ4n) is 2.61. The Morgan fingerprint density at radius 3 is 3.17 bits per heavy atom. The molecule has 1 aliphatic heterocycles. The van der Waals surface area contributed by atoms with E-state index in [9.17, 15) is 4.79 Å². The van der Waals surface area contributed by atoms with Crippen LogP contribution in [0, 0.1) is 5.92 Å². The highest BCUT2D eigenvalue weighted by atomic mass is 16.2. The summed E-state index contributed by atoms with van der Waals surface area (Å²) < 4.78 is 0. The van der Waals surface area contributed by atoms with Gasteiger partial charge in [0.05, 0.1) is 5.56 Å². The molecular formula is C14H21N3O. The number of hydrogen-bond acceptors (Lipinski definition) is 3. The molecule has 18 heavy (non-hydrogen) atoms. The minimum absolute atomic E-state index is 0.103. The van der Waals surface area contributed by atoms with Crippen LogP contribution in [-0.2, 0) is 0 Å². The van der Waals surface area contributed by atoms with Crippen molar-refractivity contribution in [3.63, 3.8) is 0 Å². The van der Waals surface area contributed by atoms with Gasteiger partial charge < -0.3 is 10.2 Å². The van der Waals surface area contributed by atoms with Crippen molar-refractivity contribution >= 4 is 11.6 Å². The molecule has 0 radical (unpaired) electrons. The van der Waals surface area contributed by atoms with E-state index in [1.165, 1.54) is 12.8 Å². The van der Waals surface area contributed by atoms with Gasteiger partial charge in [-0.2, -0.15) is 0 Å². The molecule has 98 valence electrons. The number of pyridine rings is 1. The summed E-state index contributed by atoms with van der Waals surface area (Å²) in [5, 5.41) is 3.05. The summed E-state index contributed by atoms with van der Waals surface area (Å²) >= 11 is 0. The number of nitrogens with one attached hydrogen (secondary N) is 1. The number of nitrogens with zero attached hydrogens (tertiary/aromatic N) is 2. The van der Waals surface area contributed by atoms with Crippen LogP contribution in [0.4, 0.5) is 5.69 Å². The molecule has 0 aromatic carbocycles. The second-order valence-corrected chi connectivity index (χ2v) is 4.87. The summed E-state index contributed by atoms with van der Waals surface area (Å²) in [6, 6.07) is 1.84. The van der Waals surface area contributed by atoms with Gasteiger partial charge in [-0.25, -0.2) is 0 Å². The Bertz CT molecular complexity index is 419. The van der Waals surface area contributed by atoms with Crippen LogP contribution in [0.1, 0.15) is 36.5 Å². The third-order valence-corrected chi connectivity index (χ3v) is 3.59. The lowest BCUT2D eigenvalue weighted by atomic mass is 10.0. The van der Waals surface area contributed by atoms with Crippen LogP contribution in [0.5, 0.6) is 0 Å². The van der Waals surface area contributed by atoms with Crippen molar-refractivity contribution in [1.29, 1.82) is 0 Å². The highest BCUT2D eigenvalue weighted by Crippen LogP contribution is 2.24. The van der Waals surface area contributed by atoms with Crippen molar-refractivity contribution in [1.82, 2.24) is 9.88 Å². The van der Waals surface area contributed by atoms with Gasteiger partial charge in [0.25, 0.3) is 5.91 Å². The van der Waals surface area contributed by atoms with Crippen LogP contribution in [0.25, 0.3) is 0 Å². The Morgan fingerprint density at radius 1 is 1.61 bits per heavy atom. The molecule has 4 heteroatoms. The summed E-state index contributed by atoms with van der Waals surface area (Å²) in [4.78, 5) is 18.4. The summed E-state index contributed by atoms with van der Waals surface area (Å²) in [5.41, 5.74) is 1.53. The van der Waals surface area contributed by atoms with Gasteiger partial charge in [0.2, 0.25) is 0 Å². The van der Waals surface area contributed by atoms with E-state index in [1.54, 1.807) is 12.4 Å². The molecule has 1 aromatic heterocycles. The summed E-state index contributed by atoms with van der Waals surface area (Å²) in [6.45, 7) is 3.97. The molecule has 1 amide bonds. The van der Waals surface area contributed by atoms with E-state index in [2.05, 4.69) is 17.2 Å². The molecule has 1 aromatic rings. The zero-order chi connectivity index (χ0) is 13.0. The number of amides is 1. The van der Waals surface area contributed by atoms with Crippen LogP contribution in [0.2, 0.25) is 0 Å². The smallest absolute Gasteiger partial charge is 0.257 e. The van der Waals surface area contributed by atoms with E-state index in [0.717, 1.165) is 25.2 Å². The molecule has 1 saturated heterocycles. The van der Waals surface area contributed by atoms with E-state index < -0.39 is 0 Å². The Balaban J connectivity index is 2.08. The fraction of sp³-hybridized carbons (Fsp3) is 0.571. The Morgan fingerprint density at radius 2 is 2.44 bits per heavy atom. The number of aromatic nitrogens is 1. The SMILES string of the molecule is CCCC1CCN(C(=O)c2cnccc2NC)C1. The lowest BCUT2D eigenvalue weighted by molar-refractivity contribution is 0.0787. The number of likely N-dealkylation sites (tertiary alicyclic amines) is 1. The third kappa shape index (κ3) is 2.63. The Kier molecular flexibility index (Phi) is 4.18. The first kappa shape index (κ1) is 12.9. The summed E-state index contributed by atoms with van der Waals surface area (Å²) in [6.07, 6.45) is 6.90. The van der Waals surface area contributed by atoms with Gasteiger partial charge in [-0.15, -0.1) is 0 Å². The van der Waals surface area contributed by atoms with Crippen LogP contribution in [-0.4, -0.2) is 35.9 Å². The van der Waals surface area contributed by atoms with E-state index >= 15 is 0 Å². The van der Waals surface area contributed by atoms with Crippen molar-refractivity contribution in [3.8, 4) is 0 Å². The van der Waals surface area contributed by atoms with Crippen molar-refractivity contribution in [2.24, 2.45) is 5.92 Å². The molecule has 1 aliphatic rings. The summed E-state index contributed by atoms with van der Waals surface area (Å²) in [7, 11) is 1.83. The highest BCUT2D eigenvalue weighted by Gasteiger charge is 2.27. The topological polar surface area (TPSA) is 45.2 Å². The van der Waals surface area contributed by atoms with Gasteiger partial charge in [-0.3, -0.25) is 9.78 Å². The van der Waals surface area contributed by atoms with E-state index in [-0.39, 0.29) is 5.91 Å². The average Bonchev–Trinajstić information content (AvgIpc) is 2.87. The zero-order valence-electron chi connectivity index (χ0n) is 11.1. The third-order valence-electron chi connectivity index (χ3n) is 3.59. The predicted octanol–water partition coefficient (Wildman–Crippen LogP) is 2.39. The second-order valence-electron chi connectivity index (χ2n) is 4.87. The normalized spacial score (nSPS) is 19.0. The number of hydrogen-bond donors (Lipinski definition) is 1. The zero-order valence-corrected chi connectivity index (χ0v) is 11.1. The maximum atomic E-state index is 12.4. The predicted molar refractivity (Wildman–Crippen MR) is 72.7 cm³/mol. The highest BCUT2D eigenvalue weighted by molar-refractivity contribution is 5.99. The minimum Gasteiger partial charge on any atom is -0.387 e. The van der Waals surface area contributed by atoms with Crippen molar-refractivity contribution < 1.29 is 4.79 Å². The number of carbonyl (C=O) groups excluding carboxylic acids is 1. The molecule has 0 bridgehead atoms. The maximum absolute atomic E-state index is 12.4. The largest absolute Gasteiger partial charge is 0.387 e. The molecule has 0 saturated carbocycles. The first-order chi connectivity index (χ1) is 8.76. The lowest BCUT2D eigenvalue weighted by Crippen LogP contribution is -2.29. The van der Waals surface area contributed by atoms with Crippen LogP contribution in [0.3, 0.4) is 0 Å². The van der Waals surface area contributed by atoms with Crippen LogP contribution < -0.4 is 5.32 Å². The number of rotatable bonds is 4. The quantitative estimate of drug-likeness (QED) is 0.888.